The van der Waals surface area contributed by atoms with Crippen LogP contribution in [0, 0.1) is 11.8 Å². The zero-order valence-corrected chi connectivity index (χ0v) is 13.6. The van der Waals surface area contributed by atoms with Gasteiger partial charge in [0.15, 0.2) is 6.61 Å². The van der Waals surface area contributed by atoms with E-state index in [0.29, 0.717) is 6.42 Å². The van der Waals surface area contributed by atoms with E-state index in [1.54, 1.807) is 6.08 Å². The van der Waals surface area contributed by atoms with Crippen molar-refractivity contribution >= 4 is 5.97 Å². The van der Waals surface area contributed by atoms with Crippen molar-refractivity contribution in [2.45, 2.75) is 57.7 Å². The molecule has 0 aliphatic heterocycles. The Morgan fingerprint density at radius 1 is 1.43 bits per heavy atom. The summed E-state index contributed by atoms with van der Waals surface area (Å²) in [6.07, 6.45) is 8.19. The summed E-state index contributed by atoms with van der Waals surface area (Å²) in [4.78, 5) is 15.3. The highest BCUT2D eigenvalue weighted by Crippen LogP contribution is 2.49. The lowest BCUT2D eigenvalue weighted by Gasteiger charge is -2.31. The molecule has 2 aliphatic carbocycles. The third kappa shape index (κ3) is 4.80. The summed E-state index contributed by atoms with van der Waals surface area (Å²) >= 11 is 0. The first kappa shape index (κ1) is 18.0. The zero-order valence-electron chi connectivity index (χ0n) is 13.6. The maximum atomic E-state index is 10.4. The third-order valence-corrected chi connectivity index (χ3v) is 4.65. The summed E-state index contributed by atoms with van der Waals surface area (Å²) < 4.78 is 0. The van der Waals surface area contributed by atoms with Crippen molar-refractivity contribution in [2.75, 3.05) is 6.61 Å². The van der Waals surface area contributed by atoms with Crippen LogP contribution in [0.1, 0.15) is 45.4 Å². The molecule has 4 N–H and O–H groups in total. The van der Waals surface area contributed by atoms with Crippen molar-refractivity contribution < 1.29 is 25.0 Å². The Labute approximate surface area is 136 Å². The first-order valence-corrected chi connectivity index (χ1v) is 8.38. The molecule has 0 saturated heterocycles. The molecule has 6 nitrogen and oxygen atoms in total. The van der Waals surface area contributed by atoms with Gasteiger partial charge in [0, 0.05) is 11.6 Å². The zero-order chi connectivity index (χ0) is 16.8. The number of carboxylic acid groups (broad SMARTS) is 1. The highest BCUT2D eigenvalue weighted by molar-refractivity contribution is 5.67. The fourth-order valence-corrected chi connectivity index (χ4v) is 3.35. The second-order valence-electron chi connectivity index (χ2n) is 6.40. The van der Waals surface area contributed by atoms with Gasteiger partial charge in [-0.3, -0.25) is 10.3 Å². The number of hydrogen-bond donors (Lipinski definition) is 4. The van der Waals surface area contributed by atoms with Crippen molar-refractivity contribution in [3.05, 3.63) is 23.4 Å². The van der Waals surface area contributed by atoms with E-state index in [9.17, 15) is 15.0 Å². The molecule has 0 aromatic rings. The fraction of sp³-hybridized carbons (Fsp3) is 0.706. The van der Waals surface area contributed by atoms with Gasteiger partial charge in [-0.2, -0.15) is 0 Å². The number of hydrogen-bond acceptors (Lipinski definition) is 5. The molecule has 0 radical (unpaired) electrons. The average Bonchev–Trinajstić information content (AvgIpc) is 2.73. The Morgan fingerprint density at radius 2 is 2.22 bits per heavy atom. The molecular formula is C17H27NO5. The Bertz CT molecular complexity index is 474. The Hall–Kier alpha value is -1.37. The smallest absolute Gasteiger partial charge is 0.332 e. The van der Waals surface area contributed by atoms with Crippen molar-refractivity contribution in [1.82, 2.24) is 5.48 Å². The van der Waals surface area contributed by atoms with Crippen LogP contribution in [0.3, 0.4) is 0 Å². The van der Waals surface area contributed by atoms with Crippen molar-refractivity contribution in [3.63, 3.8) is 0 Å². The molecule has 1 saturated carbocycles. The predicted molar refractivity (Wildman–Crippen MR) is 85.3 cm³/mol. The SMILES string of the molecule is CCCCCC(O)C=CC1C(O)CC2=C(NOCC(=O)O)C[C@H]21. The molecule has 0 aromatic carbocycles. The van der Waals surface area contributed by atoms with E-state index in [1.165, 1.54) is 0 Å². The fourth-order valence-electron chi connectivity index (χ4n) is 3.35. The Kier molecular flexibility index (Phi) is 6.62. The number of carboxylic acids is 1. The maximum absolute atomic E-state index is 10.4. The highest BCUT2D eigenvalue weighted by Gasteiger charge is 2.44. The standard InChI is InChI=1S/C17H27NO5/c1-2-3-4-5-11(19)6-7-12-13-8-15(14(13)9-16(12)20)18-23-10-17(21)22/h6-7,11-13,16,18-20H,2-5,8-10H2,1H3,(H,21,22)/t11?,12?,13-,16?/m0/s1. The number of fused-ring (bicyclic) bond motifs is 1. The molecule has 23 heavy (non-hydrogen) atoms. The van der Waals surface area contributed by atoms with Crippen LogP contribution in [0.5, 0.6) is 0 Å². The van der Waals surface area contributed by atoms with Crippen LogP contribution in [0.2, 0.25) is 0 Å². The Morgan fingerprint density at radius 3 is 2.91 bits per heavy atom. The van der Waals surface area contributed by atoms with Crippen molar-refractivity contribution in [3.8, 4) is 0 Å². The number of aliphatic hydroxyl groups excluding tert-OH is 2. The lowest BCUT2D eigenvalue weighted by molar-refractivity contribution is -0.144. The van der Waals surface area contributed by atoms with Crippen LogP contribution >= 0.6 is 0 Å². The minimum absolute atomic E-state index is 0.0239. The molecule has 0 spiro atoms. The minimum atomic E-state index is -1.02. The van der Waals surface area contributed by atoms with E-state index in [-0.39, 0.29) is 11.8 Å². The summed E-state index contributed by atoms with van der Waals surface area (Å²) in [5, 5.41) is 28.7. The number of aliphatic carboxylic acids is 1. The number of carbonyl (C=O) groups is 1. The van der Waals surface area contributed by atoms with Crippen LogP contribution in [0.25, 0.3) is 0 Å². The second kappa shape index (κ2) is 8.47. The topological polar surface area (TPSA) is 99.0 Å². The largest absolute Gasteiger partial charge is 0.479 e. The van der Waals surface area contributed by atoms with Crippen LogP contribution in [0.15, 0.2) is 23.4 Å². The van der Waals surface area contributed by atoms with Gasteiger partial charge >= 0.3 is 5.97 Å². The molecule has 0 bridgehead atoms. The molecule has 2 aliphatic rings. The molecule has 4 atom stereocenters. The molecular weight excluding hydrogens is 298 g/mol. The maximum Gasteiger partial charge on any atom is 0.332 e. The Balaban J connectivity index is 1.82. The lowest BCUT2D eigenvalue weighted by atomic mass is 9.79. The molecule has 6 heteroatoms. The first-order chi connectivity index (χ1) is 11.0. The van der Waals surface area contributed by atoms with Gasteiger partial charge in [-0.05, 0) is 30.8 Å². The van der Waals surface area contributed by atoms with Crippen molar-refractivity contribution in [2.24, 2.45) is 11.8 Å². The second-order valence-corrected chi connectivity index (χ2v) is 6.40. The summed E-state index contributed by atoms with van der Waals surface area (Å²) in [5.41, 5.74) is 4.67. The number of rotatable bonds is 10. The van der Waals surface area contributed by atoms with E-state index in [2.05, 4.69) is 12.4 Å². The van der Waals surface area contributed by atoms with E-state index in [1.807, 2.05) is 6.08 Å². The van der Waals surface area contributed by atoms with Gasteiger partial charge in [0.1, 0.15) is 0 Å². The van der Waals surface area contributed by atoms with E-state index < -0.39 is 24.8 Å². The van der Waals surface area contributed by atoms with Gasteiger partial charge in [-0.25, -0.2) is 4.79 Å². The normalized spacial score (nSPS) is 27.9. The third-order valence-electron chi connectivity index (χ3n) is 4.65. The average molecular weight is 325 g/mol. The lowest BCUT2D eigenvalue weighted by Crippen LogP contribution is -2.30. The van der Waals surface area contributed by atoms with Crippen LogP contribution in [-0.2, 0) is 9.63 Å². The predicted octanol–water partition coefficient (Wildman–Crippen LogP) is 1.74. The summed E-state index contributed by atoms with van der Waals surface area (Å²) in [5.74, 6) is -0.737. The number of allylic oxidation sites excluding steroid dienone is 1. The number of nitrogens with one attached hydrogen (secondary N) is 1. The summed E-state index contributed by atoms with van der Waals surface area (Å²) in [7, 11) is 0. The van der Waals surface area contributed by atoms with Gasteiger partial charge in [0.25, 0.3) is 0 Å². The van der Waals surface area contributed by atoms with Crippen molar-refractivity contribution in [1.29, 1.82) is 0 Å². The van der Waals surface area contributed by atoms with E-state index in [4.69, 9.17) is 9.94 Å². The molecule has 1 fully saturated rings. The molecule has 0 amide bonds. The first-order valence-electron chi connectivity index (χ1n) is 8.38. The van der Waals surface area contributed by atoms with E-state index >= 15 is 0 Å². The molecule has 0 aromatic heterocycles. The summed E-state index contributed by atoms with van der Waals surface area (Å²) in [6.45, 7) is 1.74. The quantitative estimate of drug-likeness (QED) is 0.277. The molecule has 0 heterocycles. The minimum Gasteiger partial charge on any atom is -0.479 e. The van der Waals surface area contributed by atoms with Gasteiger partial charge in [0.05, 0.1) is 12.2 Å². The van der Waals surface area contributed by atoms with E-state index in [0.717, 1.165) is 43.4 Å². The molecule has 130 valence electrons. The monoisotopic (exact) mass is 325 g/mol. The highest BCUT2D eigenvalue weighted by atomic mass is 16.7. The van der Waals surface area contributed by atoms with Crippen LogP contribution in [-0.4, -0.2) is 40.1 Å². The molecule has 2 rings (SSSR count). The van der Waals surface area contributed by atoms with Gasteiger partial charge < -0.3 is 15.3 Å². The number of unbranched alkanes of at least 4 members (excludes halogenated alkanes) is 2. The number of hydroxylamine groups is 1. The molecule has 3 unspecified atom stereocenters. The summed E-state index contributed by atoms with van der Waals surface area (Å²) in [6, 6.07) is 0. The number of aliphatic hydroxyl groups is 2. The van der Waals surface area contributed by atoms with Gasteiger partial charge in [-0.1, -0.05) is 38.3 Å². The van der Waals surface area contributed by atoms with Crippen LogP contribution < -0.4 is 5.48 Å². The van der Waals surface area contributed by atoms with Gasteiger partial charge in [-0.15, -0.1) is 0 Å². The van der Waals surface area contributed by atoms with Gasteiger partial charge in [0.2, 0.25) is 0 Å². The van der Waals surface area contributed by atoms with Crippen LogP contribution in [0.4, 0.5) is 0 Å².